The first kappa shape index (κ1) is 12.9. The van der Waals surface area contributed by atoms with Gasteiger partial charge in [0.25, 0.3) is 0 Å². The third-order valence-electron chi connectivity index (χ3n) is 2.27. The molecule has 84 valence electrons. The minimum absolute atomic E-state index is 0.196. The van der Waals surface area contributed by atoms with Crippen LogP contribution in [0.2, 0.25) is 0 Å². The molecule has 16 heavy (non-hydrogen) atoms. The number of allylic oxidation sites excluding steroid dienone is 1. The molecule has 1 aromatic carbocycles. The summed E-state index contributed by atoms with van der Waals surface area (Å²) in [5.41, 5.74) is 2.27. The standard InChI is InChI=1S/C14H17NS/c1-11(9-15)10-16-13-7-5-12(6-8-13)14(2,3)4/h5-8,10H,1-4H3. The summed E-state index contributed by atoms with van der Waals surface area (Å²) in [4.78, 5) is 1.17. The maximum Gasteiger partial charge on any atom is 0.0949 e. The van der Waals surface area contributed by atoms with Gasteiger partial charge >= 0.3 is 0 Å². The molecule has 0 saturated heterocycles. The number of rotatable bonds is 2. The Kier molecular flexibility index (Phi) is 4.20. The van der Waals surface area contributed by atoms with E-state index in [9.17, 15) is 0 Å². The third-order valence-corrected chi connectivity index (χ3v) is 3.28. The Morgan fingerprint density at radius 3 is 2.25 bits per heavy atom. The largest absolute Gasteiger partial charge is 0.193 e. The van der Waals surface area contributed by atoms with Gasteiger partial charge < -0.3 is 0 Å². The number of nitrogens with zero attached hydrogens (tertiary/aromatic N) is 1. The molecule has 0 aliphatic rings. The summed E-state index contributed by atoms with van der Waals surface area (Å²) in [5.74, 6) is 0. The fourth-order valence-corrected chi connectivity index (χ4v) is 1.88. The molecule has 0 unspecified atom stereocenters. The van der Waals surface area contributed by atoms with Gasteiger partial charge in [0.05, 0.1) is 6.07 Å². The van der Waals surface area contributed by atoms with E-state index in [-0.39, 0.29) is 5.41 Å². The summed E-state index contributed by atoms with van der Waals surface area (Å²) in [6, 6.07) is 10.6. The molecule has 0 fully saturated rings. The van der Waals surface area contributed by atoms with Crippen molar-refractivity contribution in [3.05, 3.63) is 40.8 Å². The van der Waals surface area contributed by atoms with Crippen LogP contribution in [0.5, 0.6) is 0 Å². The van der Waals surface area contributed by atoms with Crippen molar-refractivity contribution in [2.45, 2.75) is 38.0 Å². The molecule has 0 spiro atoms. The highest BCUT2D eigenvalue weighted by molar-refractivity contribution is 8.02. The van der Waals surface area contributed by atoms with Crippen molar-refractivity contribution in [1.82, 2.24) is 0 Å². The van der Waals surface area contributed by atoms with Gasteiger partial charge in [-0.25, -0.2) is 0 Å². The summed E-state index contributed by atoms with van der Waals surface area (Å²) in [7, 11) is 0. The Morgan fingerprint density at radius 1 is 1.25 bits per heavy atom. The Labute approximate surface area is 102 Å². The van der Waals surface area contributed by atoms with Gasteiger partial charge in [0.2, 0.25) is 0 Å². The van der Waals surface area contributed by atoms with Gasteiger partial charge in [-0.1, -0.05) is 44.7 Å². The molecular weight excluding hydrogens is 214 g/mol. The summed E-state index contributed by atoms with van der Waals surface area (Å²) < 4.78 is 0. The van der Waals surface area contributed by atoms with E-state index >= 15 is 0 Å². The maximum absolute atomic E-state index is 8.63. The summed E-state index contributed by atoms with van der Waals surface area (Å²) >= 11 is 1.59. The molecule has 1 rings (SSSR count). The second-order valence-corrected chi connectivity index (χ2v) is 5.75. The normalized spacial score (nSPS) is 12.3. The van der Waals surface area contributed by atoms with E-state index in [2.05, 4.69) is 51.1 Å². The number of benzene rings is 1. The molecule has 0 bridgehead atoms. The number of thioether (sulfide) groups is 1. The lowest BCUT2D eigenvalue weighted by Crippen LogP contribution is -2.10. The van der Waals surface area contributed by atoms with Gasteiger partial charge in [0.1, 0.15) is 0 Å². The molecule has 0 N–H and O–H groups in total. The van der Waals surface area contributed by atoms with Gasteiger partial charge in [-0.15, -0.1) is 0 Å². The first-order valence-electron chi connectivity index (χ1n) is 5.27. The monoisotopic (exact) mass is 231 g/mol. The molecule has 0 aromatic heterocycles. The molecule has 0 radical (unpaired) electrons. The van der Waals surface area contributed by atoms with Crippen molar-refractivity contribution < 1.29 is 0 Å². The predicted molar refractivity (Wildman–Crippen MR) is 70.4 cm³/mol. The first-order chi connectivity index (χ1) is 7.43. The minimum atomic E-state index is 0.196. The lowest BCUT2D eigenvalue weighted by molar-refractivity contribution is 0.590. The van der Waals surface area contributed by atoms with Gasteiger partial charge in [0.15, 0.2) is 0 Å². The average Bonchev–Trinajstić information content (AvgIpc) is 2.25. The number of hydrogen-bond acceptors (Lipinski definition) is 2. The van der Waals surface area contributed by atoms with Crippen molar-refractivity contribution in [3.8, 4) is 6.07 Å². The van der Waals surface area contributed by atoms with Crippen molar-refractivity contribution in [2.75, 3.05) is 0 Å². The van der Waals surface area contributed by atoms with Gasteiger partial charge in [-0.05, 0) is 35.4 Å². The zero-order valence-corrected chi connectivity index (χ0v) is 11.1. The fraction of sp³-hybridized carbons (Fsp3) is 0.357. The molecule has 0 aliphatic carbocycles. The summed E-state index contributed by atoms with van der Waals surface area (Å²) in [5, 5.41) is 10.5. The lowest BCUT2D eigenvalue weighted by atomic mass is 9.87. The Morgan fingerprint density at radius 2 is 1.81 bits per heavy atom. The molecule has 0 amide bonds. The Bertz CT molecular complexity index is 416. The predicted octanol–water partition coefficient (Wildman–Crippen LogP) is 4.50. The second-order valence-electron chi connectivity index (χ2n) is 4.80. The Balaban J connectivity index is 2.78. The smallest absolute Gasteiger partial charge is 0.0949 e. The fourth-order valence-electron chi connectivity index (χ4n) is 1.22. The zero-order valence-electron chi connectivity index (χ0n) is 10.2. The van der Waals surface area contributed by atoms with E-state index < -0.39 is 0 Å². The van der Waals surface area contributed by atoms with Crippen LogP contribution in [-0.2, 0) is 5.41 Å². The molecule has 0 heterocycles. The average molecular weight is 231 g/mol. The Hall–Kier alpha value is -1.20. The number of hydrogen-bond donors (Lipinski definition) is 0. The van der Waals surface area contributed by atoms with E-state index in [0.717, 1.165) is 5.57 Å². The van der Waals surface area contributed by atoms with Crippen LogP contribution in [0.1, 0.15) is 33.3 Å². The van der Waals surface area contributed by atoms with E-state index in [4.69, 9.17) is 5.26 Å². The van der Waals surface area contributed by atoms with Crippen molar-refractivity contribution in [1.29, 1.82) is 5.26 Å². The van der Waals surface area contributed by atoms with E-state index in [1.165, 1.54) is 10.5 Å². The summed E-state index contributed by atoms with van der Waals surface area (Å²) in [6.45, 7) is 8.43. The van der Waals surface area contributed by atoms with E-state index in [1.54, 1.807) is 11.8 Å². The van der Waals surface area contributed by atoms with E-state index in [0.29, 0.717) is 0 Å². The highest BCUT2D eigenvalue weighted by Crippen LogP contribution is 2.26. The van der Waals surface area contributed by atoms with Crippen LogP contribution in [0.4, 0.5) is 0 Å². The van der Waals surface area contributed by atoms with Crippen LogP contribution in [0, 0.1) is 11.3 Å². The third kappa shape index (κ3) is 3.75. The maximum atomic E-state index is 8.63. The van der Waals surface area contributed by atoms with Crippen molar-refractivity contribution in [2.24, 2.45) is 0 Å². The molecule has 1 nitrogen and oxygen atoms in total. The van der Waals surface area contributed by atoms with Crippen LogP contribution in [0.3, 0.4) is 0 Å². The molecular formula is C14H17NS. The second kappa shape index (κ2) is 5.23. The zero-order chi connectivity index (χ0) is 12.2. The lowest BCUT2D eigenvalue weighted by Gasteiger charge is -2.18. The van der Waals surface area contributed by atoms with Gasteiger partial charge in [-0.3, -0.25) is 0 Å². The molecule has 2 heteroatoms. The molecule has 1 aromatic rings. The van der Waals surface area contributed by atoms with Crippen LogP contribution < -0.4 is 0 Å². The van der Waals surface area contributed by atoms with Crippen LogP contribution in [-0.4, -0.2) is 0 Å². The van der Waals surface area contributed by atoms with Crippen LogP contribution >= 0.6 is 11.8 Å². The van der Waals surface area contributed by atoms with Crippen LogP contribution in [0.15, 0.2) is 40.1 Å². The topological polar surface area (TPSA) is 23.8 Å². The summed E-state index contributed by atoms with van der Waals surface area (Å²) in [6.07, 6.45) is 0. The quantitative estimate of drug-likeness (QED) is 0.552. The van der Waals surface area contributed by atoms with Crippen molar-refractivity contribution >= 4 is 11.8 Å². The SMILES string of the molecule is CC(C#N)=CSc1ccc(C(C)(C)C)cc1. The van der Waals surface area contributed by atoms with Gasteiger partial charge in [-0.2, -0.15) is 5.26 Å². The highest BCUT2D eigenvalue weighted by atomic mass is 32.2. The highest BCUT2D eigenvalue weighted by Gasteiger charge is 2.12. The van der Waals surface area contributed by atoms with E-state index in [1.807, 2.05) is 12.3 Å². The first-order valence-corrected chi connectivity index (χ1v) is 6.15. The molecule has 0 aliphatic heterocycles. The van der Waals surface area contributed by atoms with Gasteiger partial charge in [0, 0.05) is 10.5 Å². The molecule has 0 saturated carbocycles. The molecule has 0 atom stereocenters. The van der Waals surface area contributed by atoms with Crippen molar-refractivity contribution in [3.63, 3.8) is 0 Å². The minimum Gasteiger partial charge on any atom is -0.193 e. The number of nitriles is 1. The van der Waals surface area contributed by atoms with Crippen LogP contribution in [0.25, 0.3) is 0 Å².